The summed E-state index contributed by atoms with van der Waals surface area (Å²) in [7, 11) is 0. The summed E-state index contributed by atoms with van der Waals surface area (Å²) in [5.41, 5.74) is 0.220. The van der Waals surface area contributed by atoms with Gasteiger partial charge in [-0.3, -0.25) is 14.4 Å². The maximum atomic E-state index is 12.8. The van der Waals surface area contributed by atoms with Gasteiger partial charge in [-0.25, -0.2) is 4.79 Å². The zero-order valence-electron chi connectivity index (χ0n) is 15.9. The van der Waals surface area contributed by atoms with Crippen molar-refractivity contribution in [2.24, 2.45) is 11.8 Å². The Kier molecular flexibility index (Phi) is 6.79. The maximum absolute atomic E-state index is 12.8. The van der Waals surface area contributed by atoms with E-state index in [1.807, 2.05) is 0 Å². The molecule has 1 saturated carbocycles. The maximum Gasteiger partial charge on any atom is 0.326 e. The van der Waals surface area contributed by atoms with Crippen molar-refractivity contribution in [2.45, 2.75) is 50.6 Å². The summed E-state index contributed by atoms with van der Waals surface area (Å²) in [5, 5.41) is 17.7. The number of carbonyl (C=O) groups excluding carboxylic acids is 3. The minimum Gasteiger partial charge on any atom is -0.480 e. The van der Waals surface area contributed by atoms with Crippen LogP contribution >= 0.6 is 11.6 Å². The number of aliphatic carboxylic acids is 1. The zero-order chi connectivity index (χ0) is 21.0. The molecule has 2 heterocycles. The fourth-order valence-electron chi connectivity index (χ4n) is 3.49. The standard InChI is InChI=1S/C19H25ClN4O5/c20-15-6-5-12(22-15)17(26)23-13(8-10-3-4-10)18(27)24-14(19(28)29)9-11-2-1-7-21-16(11)25/h5-6,10-11,13-14,22H,1-4,7-9H2,(H,21,25)(H,23,26)(H,24,27)(H,28,29). The highest BCUT2D eigenvalue weighted by molar-refractivity contribution is 6.29. The average Bonchev–Trinajstić information content (AvgIpc) is 3.39. The summed E-state index contributed by atoms with van der Waals surface area (Å²) in [6, 6.07) is 0.974. The van der Waals surface area contributed by atoms with Gasteiger partial charge in [0.05, 0.1) is 0 Å². The molecule has 1 saturated heterocycles. The van der Waals surface area contributed by atoms with Crippen molar-refractivity contribution in [1.82, 2.24) is 20.9 Å². The number of nitrogens with one attached hydrogen (secondary N) is 4. The number of aromatic nitrogens is 1. The monoisotopic (exact) mass is 424 g/mol. The minimum atomic E-state index is -1.20. The summed E-state index contributed by atoms with van der Waals surface area (Å²) in [6.45, 7) is 0.581. The predicted molar refractivity (Wildman–Crippen MR) is 104 cm³/mol. The third kappa shape index (κ3) is 5.96. The number of hydrogen-bond donors (Lipinski definition) is 5. The van der Waals surface area contributed by atoms with E-state index in [2.05, 4.69) is 20.9 Å². The number of hydrogen-bond acceptors (Lipinski definition) is 4. The van der Waals surface area contributed by atoms with Crippen LogP contribution in [-0.4, -0.2) is 52.4 Å². The van der Waals surface area contributed by atoms with Crippen LogP contribution < -0.4 is 16.0 Å². The average molecular weight is 425 g/mol. The van der Waals surface area contributed by atoms with Crippen LogP contribution in [0.15, 0.2) is 12.1 Å². The van der Waals surface area contributed by atoms with Crippen LogP contribution in [0.3, 0.4) is 0 Å². The molecule has 9 nitrogen and oxygen atoms in total. The van der Waals surface area contributed by atoms with E-state index in [0.717, 1.165) is 19.3 Å². The molecule has 1 aliphatic carbocycles. The number of halogens is 1. The molecular formula is C19H25ClN4O5. The highest BCUT2D eigenvalue weighted by Crippen LogP contribution is 2.33. The van der Waals surface area contributed by atoms with Gasteiger partial charge < -0.3 is 26.0 Å². The molecule has 5 N–H and O–H groups in total. The van der Waals surface area contributed by atoms with E-state index in [4.69, 9.17) is 11.6 Å². The smallest absolute Gasteiger partial charge is 0.326 e. The van der Waals surface area contributed by atoms with E-state index in [1.165, 1.54) is 12.1 Å². The van der Waals surface area contributed by atoms with E-state index in [-0.39, 0.29) is 18.0 Å². The number of piperidine rings is 1. The fraction of sp³-hybridized carbons (Fsp3) is 0.579. The Morgan fingerprint density at radius 1 is 1.14 bits per heavy atom. The molecule has 0 aromatic carbocycles. The minimum absolute atomic E-state index is 0.0171. The Morgan fingerprint density at radius 3 is 2.48 bits per heavy atom. The summed E-state index contributed by atoms with van der Waals surface area (Å²) in [6.07, 6.45) is 3.75. The molecule has 3 unspecified atom stereocenters. The number of rotatable bonds is 9. The zero-order valence-corrected chi connectivity index (χ0v) is 16.6. The number of H-pyrrole nitrogens is 1. The van der Waals surface area contributed by atoms with E-state index in [1.54, 1.807) is 0 Å². The topological polar surface area (TPSA) is 140 Å². The Morgan fingerprint density at radius 2 is 1.90 bits per heavy atom. The lowest BCUT2D eigenvalue weighted by Crippen LogP contribution is -2.53. The largest absolute Gasteiger partial charge is 0.480 e. The third-order valence-corrected chi connectivity index (χ3v) is 5.54. The van der Waals surface area contributed by atoms with Gasteiger partial charge in [0.2, 0.25) is 11.8 Å². The Bertz CT molecular complexity index is 791. The van der Waals surface area contributed by atoms with Crippen LogP contribution in [0.5, 0.6) is 0 Å². The lowest BCUT2D eigenvalue weighted by atomic mass is 9.91. The first-order valence-electron chi connectivity index (χ1n) is 9.79. The van der Waals surface area contributed by atoms with Crippen LogP contribution in [0.4, 0.5) is 0 Å². The van der Waals surface area contributed by atoms with E-state index in [0.29, 0.717) is 30.5 Å². The molecule has 10 heteroatoms. The van der Waals surface area contributed by atoms with Crippen molar-refractivity contribution in [3.05, 3.63) is 23.0 Å². The lowest BCUT2D eigenvalue weighted by Gasteiger charge is -2.26. The SMILES string of the molecule is O=C(NC(CC1CC1)C(=O)NC(CC1CCCNC1=O)C(=O)O)c1ccc(Cl)[nH]1. The van der Waals surface area contributed by atoms with Crippen LogP contribution in [0.25, 0.3) is 0 Å². The Balaban J connectivity index is 1.64. The van der Waals surface area contributed by atoms with Crippen LogP contribution in [0.2, 0.25) is 5.15 Å². The van der Waals surface area contributed by atoms with Gasteiger partial charge in [0.1, 0.15) is 22.9 Å². The predicted octanol–water partition coefficient (Wildman–Crippen LogP) is 1.05. The summed E-state index contributed by atoms with van der Waals surface area (Å²) in [4.78, 5) is 51.5. The summed E-state index contributed by atoms with van der Waals surface area (Å²) >= 11 is 5.79. The molecule has 3 atom stereocenters. The summed E-state index contributed by atoms with van der Waals surface area (Å²) in [5.74, 6) is -2.58. The summed E-state index contributed by atoms with van der Waals surface area (Å²) < 4.78 is 0. The number of carbonyl (C=O) groups is 4. The lowest BCUT2D eigenvalue weighted by molar-refractivity contribution is -0.143. The van der Waals surface area contributed by atoms with Gasteiger partial charge in [0.25, 0.3) is 5.91 Å². The first-order chi connectivity index (χ1) is 13.8. The van der Waals surface area contributed by atoms with Crippen molar-refractivity contribution in [2.75, 3.05) is 6.54 Å². The molecule has 29 heavy (non-hydrogen) atoms. The fourth-order valence-corrected chi connectivity index (χ4v) is 3.66. The van der Waals surface area contributed by atoms with Crippen LogP contribution in [0, 0.1) is 11.8 Å². The van der Waals surface area contributed by atoms with Gasteiger partial charge in [0.15, 0.2) is 0 Å². The van der Waals surface area contributed by atoms with E-state index >= 15 is 0 Å². The molecular weight excluding hydrogens is 400 g/mol. The number of carboxylic acid groups (broad SMARTS) is 1. The van der Waals surface area contributed by atoms with Gasteiger partial charge in [-0.15, -0.1) is 0 Å². The molecule has 1 aromatic rings. The molecule has 2 fully saturated rings. The molecule has 158 valence electrons. The number of aromatic amines is 1. The molecule has 0 bridgehead atoms. The molecule has 0 radical (unpaired) electrons. The van der Waals surface area contributed by atoms with Crippen molar-refractivity contribution in [3.63, 3.8) is 0 Å². The van der Waals surface area contributed by atoms with Gasteiger partial charge in [-0.2, -0.15) is 0 Å². The van der Waals surface area contributed by atoms with Gasteiger partial charge in [-0.1, -0.05) is 24.4 Å². The van der Waals surface area contributed by atoms with E-state index in [9.17, 15) is 24.3 Å². The van der Waals surface area contributed by atoms with E-state index < -0.39 is 35.8 Å². The van der Waals surface area contributed by atoms with Gasteiger partial charge in [-0.05, 0) is 43.7 Å². The molecule has 1 aliphatic heterocycles. The molecule has 3 amide bonds. The normalized spacial score (nSPS) is 21.0. The van der Waals surface area contributed by atoms with Gasteiger partial charge in [0, 0.05) is 12.5 Å². The first kappa shape index (κ1) is 21.2. The second-order valence-electron chi connectivity index (χ2n) is 7.69. The van der Waals surface area contributed by atoms with Crippen LogP contribution in [0.1, 0.15) is 49.0 Å². The quantitative estimate of drug-likeness (QED) is 0.403. The van der Waals surface area contributed by atoms with Crippen molar-refractivity contribution < 1.29 is 24.3 Å². The molecule has 1 aromatic heterocycles. The number of amides is 3. The van der Waals surface area contributed by atoms with Crippen LogP contribution in [-0.2, 0) is 14.4 Å². The molecule has 2 aliphatic rings. The Hall–Kier alpha value is -2.55. The van der Waals surface area contributed by atoms with Gasteiger partial charge >= 0.3 is 5.97 Å². The molecule has 3 rings (SSSR count). The van der Waals surface area contributed by atoms with Crippen molar-refractivity contribution in [1.29, 1.82) is 0 Å². The number of carboxylic acids is 1. The van der Waals surface area contributed by atoms with Crippen molar-refractivity contribution >= 4 is 35.3 Å². The first-order valence-corrected chi connectivity index (χ1v) is 10.2. The third-order valence-electron chi connectivity index (χ3n) is 5.32. The van der Waals surface area contributed by atoms with Crippen molar-refractivity contribution in [3.8, 4) is 0 Å². The second-order valence-corrected chi connectivity index (χ2v) is 8.10. The highest BCUT2D eigenvalue weighted by Gasteiger charge is 2.34. The Labute approximate surface area is 172 Å². The molecule has 0 spiro atoms. The second kappa shape index (κ2) is 9.30. The highest BCUT2D eigenvalue weighted by atomic mass is 35.5.